The van der Waals surface area contributed by atoms with Gasteiger partial charge < -0.3 is 10.1 Å². The molecular weight excluding hydrogens is 142 g/mol. The molecule has 1 N–H and O–H groups in total. The number of rotatable bonds is 5. The van der Waals surface area contributed by atoms with Crippen molar-refractivity contribution in [2.75, 3.05) is 13.7 Å². The number of esters is 1. The van der Waals surface area contributed by atoms with E-state index in [0.29, 0.717) is 19.0 Å². The van der Waals surface area contributed by atoms with Gasteiger partial charge in [-0.2, -0.15) is 0 Å². The van der Waals surface area contributed by atoms with E-state index in [4.69, 9.17) is 0 Å². The fourth-order valence-electron chi connectivity index (χ4n) is 0.667. The van der Waals surface area contributed by atoms with Crippen LogP contribution in [0, 0.1) is 0 Å². The Bertz CT molecular complexity index is 115. The number of nitrogens with one attached hydrogen (secondary N) is 1. The van der Waals surface area contributed by atoms with Crippen molar-refractivity contribution < 1.29 is 9.53 Å². The molecule has 0 aromatic rings. The quantitative estimate of drug-likeness (QED) is 0.607. The molecule has 0 saturated heterocycles. The largest absolute Gasteiger partial charge is 0.469 e. The van der Waals surface area contributed by atoms with E-state index in [1.807, 2.05) is 0 Å². The van der Waals surface area contributed by atoms with E-state index in [1.165, 1.54) is 7.11 Å². The van der Waals surface area contributed by atoms with Gasteiger partial charge in [-0.15, -0.1) is 0 Å². The molecule has 0 aliphatic heterocycles. The van der Waals surface area contributed by atoms with E-state index in [0.717, 1.165) is 6.42 Å². The van der Waals surface area contributed by atoms with Crippen molar-refractivity contribution in [2.45, 2.75) is 32.7 Å². The van der Waals surface area contributed by atoms with Gasteiger partial charge in [-0.25, -0.2) is 0 Å². The molecule has 0 spiro atoms. The van der Waals surface area contributed by atoms with Crippen LogP contribution in [0.4, 0.5) is 0 Å². The van der Waals surface area contributed by atoms with Crippen LogP contribution in [0.15, 0.2) is 0 Å². The van der Waals surface area contributed by atoms with Crippen molar-refractivity contribution in [2.24, 2.45) is 0 Å². The molecule has 11 heavy (non-hydrogen) atoms. The van der Waals surface area contributed by atoms with Crippen molar-refractivity contribution in [1.29, 1.82) is 0 Å². The molecule has 0 bridgehead atoms. The molecule has 0 amide bonds. The van der Waals surface area contributed by atoms with Crippen molar-refractivity contribution in [3.8, 4) is 0 Å². The van der Waals surface area contributed by atoms with E-state index in [2.05, 4.69) is 23.9 Å². The highest BCUT2D eigenvalue weighted by Crippen LogP contribution is 1.88. The summed E-state index contributed by atoms with van der Waals surface area (Å²) in [6, 6.07) is 0.486. The lowest BCUT2D eigenvalue weighted by atomic mass is 10.2. The van der Waals surface area contributed by atoms with Crippen molar-refractivity contribution in [3.63, 3.8) is 0 Å². The standard InChI is InChI=1S/C8H17NO2/c1-4-7(2)9-6-5-8(10)11-3/h7,9H,4-6H2,1-3H3/t7-/m1/s1. The summed E-state index contributed by atoms with van der Waals surface area (Å²) in [7, 11) is 1.41. The molecule has 0 saturated carbocycles. The van der Waals surface area contributed by atoms with Gasteiger partial charge in [-0.1, -0.05) is 6.92 Å². The molecule has 3 nitrogen and oxygen atoms in total. The van der Waals surface area contributed by atoms with Gasteiger partial charge in [0.25, 0.3) is 0 Å². The van der Waals surface area contributed by atoms with Crippen LogP contribution in [0.1, 0.15) is 26.7 Å². The number of hydrogen-bond acceptors (Lipinski definition) is 3. The van der Waals surface area contributed by atoms with Gasteiger partial charge in [0, 0.05) is 12.6 Å². The molecular formula is C8H17NO2. The topological polar surface area (TPSA) is 38.3 Å². The van der Waals surface area contributed by atoms with Crippen molar-refractivity contribution in [3.05, 3.63) is 0 Å². The molecule has 1 atom stereocenters. The summed E-state index contributed by atoms with van der Waals surface area (Å²) in [4.78, 5) is 10.6. The lowest BCUT2D eigenvalue weighted by molar-refractivity contribution is -0.140. The third kappa shape index (κ3) is 5.85. The minimum absolute atomic E-state index is 0.152. The summed E-state index contributed by atoms with van der Waals surface area (Å²) < 4.78 is 4.49. The smallest absolute Gasteiger partial charge is 0.306 e. The summed E-state index contributed by atoms with van der Waals surface area (Å²) in [6.07, 6.45) is 1.54. The van der Waals surface area contributed by atoms with Crippen LogP contribution in [0.25, 0.3) is 0 Å². The first-order valence-electron chi connectivity index (χ1n) is 4.00. The van der Waals surface area contributed by atoms with Gasteiger partial charge in [-0.3, -0.25) is 4.79 Å². The van der Waals surface area contributed by atoms with Crippen LogP contribution in [-0.4, -0.2) is 25.7 Å². The fourth-order valence-corrected chi connectivity index (χ4v) is 0.667. The Kier molecular flexibility index (Phi) is 5.84. The maximum absolute atomic E-state index is 10.6. The monoisotopic (exact) mass is 159 g/mol. The lowest BCUT2D eigenvalue weighted by Gasteiger charge is -2.09. The molecule has 0 unspecified atom stereocenters. The number of carbonyl (C=O) groups excluding carboxylic acids is 1. The molecule has 3 heteroatoms. The second kappa shape index (κ2) is 6.16. The van der Waals surface area contributed by atoms with Crippen LogP contribution in [-0.2, 0) is 9.53 Å². The van der Waals surface area contributed by atoms with Gasteiger partial charge in [-0.05, 0) is 13.3 Å². The Morgan fingerprint density at radius 1 is 1.64 bits per heavy atom. The average molecular weight is 159 g/mol. The van der Waals surface area contributed by atoms with Crippen LogP contribution in [0.5, 0.6) is 0 Å². The van der Waals surface area contributed by atoms with E-state index >= 15 is 0 Å². The van der Waals surface area contributed by atoms with Gasteiger partial charge in [0.1, 0.15) is 0 Å². The Hall–Kier alpha value is -0.570. The average Bonchev–Trinajstić information content (AvgIpc) is 2.04. The van der Waals surface area contributed by atoms with E-state index in [1.54, 1.807) is 0 Å². The number of methoxy groups -OCH3 is 1. The number of hydrogen-bond donors (Lipinski definition) is 1. The second-order valence-electron chi connectivity index (χ2n) is 2.59. The van der Waals surface area contributed by atoms with Crippen molar-refractivity contribution in [1.82, 2.24) is 5.32 Å². The predicted molar refractivity (Wildman–Crippen MR) is 44.4 cm³/mol. The summed E-state index contributed by atoms with van der Waals surface area (Å²) in [5.74, 6) is -0.152. The molecule has 0 fully saturated rings. The van der Waals surface area contributed by atoms with Crippen molar-refractivity contribution >= 4 is 5.97 Å². The Balaban J connectivity index is 3.20. The van der Waals surface area contributed by atoms with Gasteiger partial charge >= 0.3 is 5.97 Å². The maximum atomic E-state index is 10.6. The number of ether oxygens (including phenoxy) is 1. The highest BCUT2D eigenvalue weighted by atomic mass is 16.5. The van der Waals surface area contributed by atoms with Gasteiger partial charge in [0.15, 0.2) is 0 Å². The number of carbonyl (C=O) groups is 1. The Morgan fingerprint density at radius 2 is 2.27 bits per heavy atom. The lowest BCUT2D eigenvalue weighted by Crippen LogP contribution is -2.27. The molecule has 66 valence electrons. The summed E-state index contributed by atoms with van der Waals surface area (Å²) in [5, 5.41) is 3.20. The van der Waals surface area contributed by atoms with Gasteiger partial charge in [0.2, 0.25) is 0 Å². The van der Waals surface area contributed by atoms with E-state index < -0.39 is 0 Å². The highest BCUT2D eigenvalue weighted by molar-refractivity contribution is 5.69. The molecule has 0 aliphatic rings. The first-order valence-corrected chi connectivity index (χ1v) is 4.00. The maximum Gasteiger partial charge on any atom is 0.306 e. The van der Waals surface area contributed by atoms with E-state index in [-0.39, 0.29) is 5.97 Å². The summed E-state index contributed by atoms with van der Waals surface area (Å²) in [6.45, 7) is 4.91. The third-order valence-electron chi connectivity index (χ3n) is 1.66. The summed E-state index contributed by atoms with van der Waals surface area (Å²) >= 11 is 0. The first kappa shape index (κ1) is 10.4. The van der Waals surface area contributed by atoms with E-state index in [9.17, 15) is 4.79 Å². The van der Waals surface area contributed by atoms with Gasteiger partial charge in [0.05, 0.1) is 13.5 Å². The zero-order chi connectivity index (χ0) is 8.69. The van der Waals surface area contributed by atoms with Crippen LogP contribution in [0.3, 0.4) is 0 Å². The Labute approximate surface area is 68.1 Å². The zero-order valence-electron chi connectivity index (χ0n) is 7.52. The predicted octanol–water partition coefficient (Wildman–Crippen LogP) is 0.938. The molecule has 0 rings (SSSR count). The second-order valence-corrected chi connectivity index (χ2v) is 2.59. The fraction of sp³-hybridized carbons (Fsp3) is 0.875. The summed E-state index contributed by atoms with van der Waals surface area (Å²) in [5.41, 5.74) is 0. The zero-order valence-corrected chi connectivity index (χ0v) is 7.52. The van der Waals surface area contributed by atoms with Crippen LogP contribution >= 0.6 is 0 Å². The Morgan fingerprint density at radius 3 is 2.73 bits per heavy atom. The molecule has 0 aromatic carbocycles. The minimum atomic E-state index is -0.152. The molecule has 0 aromatic heterocycles. The first-order chi connectivity index (χ1) is 5.20. The molecule has 0 heterocycles. The molecule has 0 radical (unpaired) electrons. The highest BCUT2D eigenvalue weighted by Gasteiger charge is 2.00. The molecule has 0 aliphatic carbocycles. The van der Waals surface area contributed by atoms with Crippen LogP contribution < -0.4 is 5.32 Å². The third-order valence-corrected chi connectivity index (χ3v) is 1.66. The van der Waals surface area contributed by atoms with Crippen LogP contribution in [0.2, 0.25) is 0 Å². The SMILES string of the molecule is CC[C@@H](C)NCCC(=O)OC. The normalized spacial score (nSPS) is 12.6. The minimum Gasteiger partial charge on any atom is -0.469 e.